The molecule has 1 rings (SSSR count). The molecule has 0 spiro atoms. The summed E-state index contributed by atoms with van der Waals surface area (Å²) in [4.78, 5) is 10.2. The Morgan fingerprint density at radius 2 is 1.81 bits per heavy atom. The summed E-state index contributed by atoms with van der Waals surface area (Å²) in [6.07, 6.45) is 5.65. The summed E-state index contributed by atoms with van der Waals surface area (Å²) in [5, 5.41) is 12.0. The van der Waals surface area contributed by atoms with Crippen LogP contribution in [0.1, 0.15) is 20.3 Å². The monoisotopic (exact) mass is 351 g/mol. The molecular weight excluding hydrogens is 338 g/mol. The van der Waals surface area contributed by atoms with Gasteiger partial charge in [-0.2, -0.15) is 0 Å². The summed E-state index contributed by atoms with van der Waals surface area (Å²) in [5.41, 5.74) is 2.42. The maximum absolute atomic E-state index is 10.6. The number of nitro groups is 1. The van der Waals surface area contributed by atoms with Gasteiger partial charge < -0.3 is 0 Å². The van der Waals surface area contributed by atoms with E-state index in [1.54, 1.807) is 12.2 Å². The Labute approximate surface area is 113 Å². The van der Waals surface area contributed by atoms with Gasteiger partial charge in [0.05, 0.1) is 11.3 Å². The van der Waals surface area contributed by atoms with E-state index >= 15 is 0 Å². The van der Waals surface area contributed by atoms with Gasteiger partial charge in [0.15, 0.2) is 0 Å². The average molecular weight is 353 g/mol. The predicted octanol–water partition coefficient (Wildman–Crippen LogP) is 4.22. The Morgan fingerprint density at radius 1 is 1.25 bits per heavy atom. The summed E-state index contributed by atoms with van der Waals surface area (Å²) in [6, 6.07) is 0. The molecule has 3 nitrogen and oxygen atoms in total. The average Bonchev–Trinajstić information content (AvgIpc) is 2.52. The molecule has 0 atom stereocenters. The van der Waals surface area contributed by atoms with Crippen molar-refractivity contribution in [1.82, 2.24) is 0 Å². The Hall–Kier alpha value is -0.420. The molecule has 0 aromatic carbocycles. The lowest BCUT2D eigenvalue weighted by atomic mass is 10.1. The van der Waals surface area contributed by atoms with Crippen molar-refractivity contribution in [3.05, 3.63) is 45.2 Å². The minimum absolute atomic E-state index is 0.236. The standard InChI is InChI=1S/C9H9Br2NO2.C2H6/c10-5-7-1-3-9(12(13)14)4-2-8(7)6-11;1-2/h1-3H,4-6H2;1-2H3. The van der Waals surface area contributed by atoms with Crippen LogP contribution in [0.4, 0.5) is 0 Å². The third-order valence-electron chi connectivity index (χ3n) is 1.97. The second-order valence-electron chi connectivity index (χ2n) is 2.81. The van der Waals surface area contributed by atoms with E-state index in [-0.39, 0.29) is 10.6 Å². The van der Waals surface area contributed by atoms with E-state index in [1.807, 2.05) is 19.9 Å². The molecule has 0 bridgehead atoms. The van der Waals surface area contributed by atoms with Gasteiger partial charge in [-0.1, -0.05) is 57.9 Å². The molecule has 90 valence electrons. The number of hydrogen-bond acceptors (Lipinski definition) is 2. The van der Waals surface area contributed by atoms with Crippen LogP contribution in [0.2, 0.25) is 0 Å². The lowest BCUT2D eigenvalue weighted by Gasteiger charge is -2.03. The minimum atomic E-state index is -0.337. The van der Waals surface area contributed by atoms with E-state index < -0.39 is 0 Å². The van der Waals surface area contributed by atoms with Crippen molar-refractivity contribution in [3.8, 4) is 0 Å². The molecule has 0 saturated carbocycles. The molecule has 1 aliphatic rings. The van der Waals surface area contributed by atoms with E-state index in [2.05, 4.69) is 31.9 Å². The largest absolute Gasteiger partial charge is 0.259 e. The summed E-state index contributed by atoms with van der Waals surface area (Å²) < 4.78 is 0. The van der Waals surface area contributed by atoms with Crippen LogP contribution in [-0.2, 0) is 0 Å². The molecule has 0 N–H and O–H groups in total. The normalized spacial score (nSPS) is 14.9. The van der Waals surface area contributed by atoms with Gasteiger partial charge in [0.25, 0.3) is 0 Å². The molecule has 1 aliphatic carbocycles. The zero-order valence-corrected chi connectivity index (χ0v) is 12.5. The first-order valence-electron chi connectivity index (χ1n) is 5.04. The third kappa shape index (κ3) is 4.61. The topological polar surface area (TPSA) is 43.1 Å². The fourth-order valence-electron chi connectivity index (χ4n) is 1.14. The van der Waals surface area contributed by atoms with Crippen LogP contribution >= 0.6 is 31.9 Å². The molecule has 16 heavy (non-hydrogen) atoms. The van der Waals surface area contributed by atoms with Crippen LogP contribution in [0.15, 0.2) is 35.1 Å². The van der Waals surface area contributed by atoms with Gasteiger partial charge in [-0.15, -0.1) is 0 Å². The number of alkyl halides is 2. The van der Waals surface area contributed by atoms with Crippen molar-refractivity contribution in [1.29, 1.82) is 0 Å². The molecule has 0 saturated heterocycles. The molecule has 5 heteroatoms. The Morgan fingerprint density at radius 3 is 2.25 bits per heavy atom. The Bertz CT molecular complexity index is 333. The van der Waals surface area contributed by atoms with E-state index in [4.69, 9.17) is 0 Å². The van der Waals surface area contributed by atoms with E-state index in [9.17, 15) is 10.1 Å². The Kier molecular flexibility index (Phi) is 8.47. The molecule has 0 heterocycles. The van der Waals surface area contributed by atoms with Crippen molar-refractivity contribution >= 4 is 31.9 Å². The van der Waals surface area contributed by atoms with Crippen molar-refractivity contribution in [2.24, 2.45) is 0 Å². The van der Waals surface area contributed by atoms with E-state index in [0.29, 0.717) is 11.8 Å². The van der Waals surface area contributed by atoms with Crippen LogP contribution in [0, 0.1) is 10.1 Å². The van der Waals surface area contributed by atoms with Crippen molar-refractivity contribution in [3.63, 3.8) is 0 Å². The van der Waals surface area contributed by atoms with Gasteiger partial charge in [-0.3, -0.25) is 10.1 Å². The summed E-state index contributed by atoms with van der Waals surface area (Å²) in [5.74, 6) is 0. The highest BCUT2D eigenvalue weighted by Gasteiger charge is 2.13. The molecule has 0 fully saturated rings. The molecule has 0 aromatic rings. The number of rotatable bonds is 3. The highest BCUT2D eigenvalue weighted by Crippen LogP contribution is 2.21. The number of hydrogen-bond donors (Lipinski definition) is 0. The lowest BCUT2D eigenvalue weighted by molar-refractivity contribution is -0.426. The lowest BCUT2D eigenvalue weighted by Crippen LogP contribution is -1.96. The van der Waals surface area contributed by atoms with E-state index in [0.717, 1.165) is 16.5 Å². The highest BCUT2D eigenvalue weighted by molar-refractivity contribution is 9.09. The number of halogens is 2. The SMILES string of the molecule is CC.O=[N+]([O-])C1=CC=C(CBr)C(CBr)=CC1. The van der Waals surface area contributed by atoms with E-state index in [1.165, 1.54) is 0 Å². The first kappa shape index (κ1) is 15.6. The second-order valence-corrected chi connectivity index (χ2v) is 3.93. The summed E-state index contributed by atoms with van der Waals surface area (Å²) >= 11 is 6.72. The van der Waals surface area contributed by atoms with Crippen molar-refractivity contribution in [2.75, 3.05) is 10.7 Å². The maximum atomic E-state index is 10.6. The maximum Gasteiger partial charge on any atom is 0.250 e. The molecule has 0 amide bonds. The first-order chi connectivity index (χ1) is 7.69. The fraction of sp³-hybridized carbons (Fsp3) is 0.455. The molecule has 0 unspecified atom stereocenters. The van der Waals surface area contributed by atoms with Gasteiger partial charge >= 0.3 is 0 Å². The van der Waals surface area contributed by atoms with Crippen LogP contribution in [0.25, 0.3) is 0 Å². The highest BCUT2D eigenvalue weighted by atomic mass is 79.9. The summed E-state index contributed by atoms with van der Waals surface area (Å²) in [6.45, 7) is 4.00. The molecule has 0 aliphatic heterocycles. The van der Waals surface area contributed by atoms with Crippen molar-refractivity contribution < 1.29 is 4.92 Å². The van der Waals surface area contributed by atoms with Crippen LogP contribution in [-0.4, -0.2) is 15.6 Å². The predicted molar refractivity (Wildman–Crippen MR) is 74.8 cm³/mol. The zero-order valence-electron chi connectivity index (χ0n) is 9.37. The van der Waals surface area contributed by atoms with Gasteiger partial charge in [-0.25, -0.2) is 0 Å². The quantitative estimate of drug-likeness (QED) is 0.433. The van der Waals surface area contributed by atoms with Gasteiger partial charge in [0.1, 0.15) is 0 Å². The second kappa shape index (κ2) is 8.70. The minimum Gasteiger partial charge on any atom is -0.259 e. The van der Waals surface area contributed by atoms with Gasteiger partial charge in [0.2, 0.25) is 5.70 Å². The number of nitrogens with zero attached hydrogens (tertiary/aromatic N) is 1. The van der Waals surface area contributed by atoms with Crippen LogP contribution in [0.3, 0.4) is 0 Å². The van der Waals surface area contributed by atoms with Crippen molar-refractivity contribution in [2.45, 2.75) is 20.3 Å². The summed E-state index contributed by atoms with van der Waals surface area (Å²) in [7, 11) is 0. The third-order valence-corrected chi connectivity index (χ3v) is 3.18. The van der Waals surface area contributed by atoms with Gasteiger partial charge in [-0.05, 0) is 11.1 Å². The zero-order chi connectivity index (χ0) is 12.6. The first-order valence-corrected chi connectivity index (χ1v) is 7.28. The Balaban J connectivity index is 0.00000106. The molecular formula is C11H15Br2NO2. The number of allylic oxidation sites excluding steroid dienone is 5. The molecule has 0 radical (unpaired) electrons. The van der Waals surface area contributed by atoms with Crippen LogP contribution < -0.4 is 0 Å². The fourth-order valence-corrected chi connectivity index (χ4v) is 2.27. The van der Waals surface area contributed by atoms with Crippen LogP contribution in [0.5, 0.6) is 0 Å². The molecule has 0 aromatic heterocycles. The smallest absolute Gasteiger partial charge is 0.250 e. The van der Waals surface area contributed by atoms with Gasteiger partial charge in [0, 0.05) is 16.7 Å².